The Bertz CT molecular complexity index is 3340. The van der Waals surface area contributed by atoms with Gasteiger partial charge >= 0.3 is 0 Å². The lowest BCUT2D eigenvalue weighted by molar-refractivity contribution is 0.669. The number of furan rings is 1. The molecule has 0 radical (unpaired) electrons. The maximum Gasteiger partial charge on any atom is 0.137 e. The lowest BCUT2D eigenvalue weighted by Gasteiger charge is -2.27. The number of hydrogen-bond acceptors (Lipinski definition) is 2. The molecule has 0 amide bonds. The van der Waals surface area contributed by atoms with Gasteiger partial charge in [0.05, 0.1) is 26.2 Å². The average molecular weight is 603 g/mol. The van der Waals surface area contributed by atoms with Crippen molar-refractivity contribution in [3.05, 3.63) is 176 Å². The van der Waals surface area contributed by atoms with Gasteiger partial charge in [0.15, 0.2) is 0 Å². The van der Waals surface area contributed by atoms with E-state index in [4.69, 9.17) is 18.1 Å². The van der Waals surface area contributed by atoms with Gasteiger partial charge in [-0.3, -0.25) is 0 Å². The first-order valence-corrected chi connectivity index (χ1v) is 14.5. The van der Waals surface area contributed by atoms with E-state index in [9.17, 15) is 6.85 Å². The molecule has 2 heteroatoms. The fraction of sp³-hybridized carbons (Fsp3) is 0. The standard InChI is InChI=1S/C44H29NO/c1-2-10-31(11-3-1)37-17-8-13-33-20-21-34(28-41(33)37)30-22-24-35(25-23-30)45(42-18-9-14-32-12-4-5-15-38(32)42)36-26-27-40-39-16-6-7-19-43(39)46-44(40)29-36/h1-29H/i1D,2D,3D,8D,10D,11D,13D,17D,20D,21D,22D,23D,24D,25D,28D. The zero-order chi connectivity index (χ0) is 43.5. The van der Waals surface area contributed by atoms with Gasteiger partial charge in [-0.1, -0.05) is 127 Å². The molecule has 0 atom stereocenters. The number of fused-ring (bicyclic) bond motifs is 5. The Kier molecular flexibility index (Phi) is 3.58. The summed E-state index contributed by atoms with van der Waals surface area (Å²) in [4.78, 5) is 1.59. The Hall–Kier alpha value is -6.12. The highest BCUT2D eigenvalue weighted by Crippen LogP contribution is 2.42. The van der Waals surface area contributed by atoms with Gasteiger partial charge in [0.1, 0.15) is 11.2 Å². The zero-order valence-electron chi connectivity index (χ0n) is 38.9. The third-order valence-electron chi connectivity index (χ3n) is 7.90. The van der Waals surface area contributed by atoms with Crippen LogP contribution in [0.5, 0.6) is 0 Å². The highest BCUT2D eigenvalue weighted by atomic mass is 16.3. The molecule has 0 fully saturated rings. The van der Waals surface area contributed by atoms with Crippen molar-refractivity contribution in [2.75, 3.05) is 4.90 Å². The van der Waals surface area contributed by atoms with E-state index < -0.39 is 124 Å². The summed E-state index contributed by atoms with van der Waals surface area (Å²) in [5, 5.41) is 2.26. The molecule has 0 bridgehead atoms. The Morgan fingerprint density at radius 3 is 2.11 bits per heavy atom. The van der Waals surface area contributed by atoms with Gasteiger partial charge in [-0.2, -0.15) is 0 Å². The summed E-state index contributed by atoms with van der Waals surface area (Å²) < 4.78 is 140. The van der Waals surface area contributed by atoms with E-state index in [0.717, 1.165) is 21.5 Å². The van der Waals surface area contributed by atoms with Gasteiger partial charge in [0, 0.05) is 33.6 Å². The Balaban J connectivity index is 1.36. The smallest absolute Gasteiger partial charge is 0.137 e. The van der Waals surface area contributed by atoms with Gasteiger partial charge in [-0.15, -0.1) is 0 Å². The normalized spacial score (nSPS) is 16.0. The van der Waals surface area contributed by atoms with Crippen molar-refractivity contribution in [3.8, 4) is 22.3 Å². The predicted octanol–water partition coefficient (Wildman–Crippen LogP) is 12.7. The van der Waals surface area contributed by atoms with E-state index in [1.807, 2.05) is 60.7 Å². The van der Waals surface area contributed by atoms with Crippen LogP contribution in [0.25, 0.3) is 65.7 Å². The monoisotopic (exact) mass is 602 g/mol. The Morgan fingerprint density at radius 1 is 0.457 bits per heavy atom. The number of para-hydroxylation sites is 1. The van der Waals surface area contributed by atoms with Crippen LogP contribution >= 0.6 is 0 Å². The van der Waals surface area contributed by atoms with E-state index >= 15 is 0 Å². The van der Waals surface area contributed by atoms with Crippen molar-refractivity contribution >= 4 is 60.5 Å². The van der Waals surface area contributed by atoms with Gasteiger partial charge in [-0.25, -0.2) is 0 Å². The molecule has 8 aromatic carbocycles. The SMILES string of the molecule is [2H]c1c([2H])c([2H])c(-c2c([2H])c([2H])c([2H])c3c([2H])c([2H])c(-c4c([2H])c([2H])c(N(c5ccc6c(c5)oc5ccccc56)c5cccc6ccccc56)c([2H])c4[2H])c([2H])c23)c([2H])c1[2H]. The molecule has 0 N–H and O–H groups in total. The molecule has 9 rings (SSSR count). The summed E-state index contributed by atoms with van der Waals surface area (Å²) in [6, 6.07) is 14.9. The summed E-state index contributed by atoms with van der Waals surface area (Å²) in [6.07, 6.45) is 0. The number of benzene rings is 8. The first-order chi connectivity index (χ1) is 29.1. The van der Waals surface area contributed by atoms with Crippen molar-refractivity contribution in [1.29, 1.82) is 0 Å². The molecule has 216 valence electrons. The van der Waals surface area contributed by atoms with Crippen LogP contribution < -0.4 is 4.90 Å². The van der Waals surface area contributed by atoms with Crippen molar-refractivity contribution < 1.29 is 25.0 Å². The maximum atomic E-state index is 9.55. The first-order valence-electron chi connectivity index (χ1n) is 22.0. The molecule has 0 saturated carbocycles. The van der Waals surface area contributed by atoms with Crippen LogP contribution in [0.2, 0.25) is 0 Å². The van der Waals surface area contributed by atoms with E-state index in [2.05, 4.69) is 0 Å². The molecule has 0 unspecified atom stereocenters. The second-order valence-corrected chi connectivity index (χ2v) is 10.6. The van der Waals surface area contributed by atoms with Gasteiger partial charge in [0.2, 0.25) is 0 Å². The Labute approximate surface area is 288 Å². The fourth-order valence-corrected chi connectivity index (χ4v) is 5.78. The summed E-state index contributed by atoms with van der Waals surface area (Å²) >= 11 is 0. The average Bonchev–Trinajstić information content (AvgIpc) is 3.64. The minimum atomic E-state index is -0.783. The van der Waals surface area contributed by atoms with Crippen molar-refractivity contribution in [1.82, 2.24) is 0 Å². The number of anilines is 3. The van der Waals surface area contributed by atoms with Crippen LogP contribution in [-0.2, 0) is 0 Å². The molecule has 0 aliphatic carbocycles. The third kappa shape index (κ3) is 4.43. The molecule has 0 aliphatic rings. The molecule has 0 saturated heterocycles. The molecule has 9 aromatic rings. The van der Waals surface area contributed by atoms with Gasteiger partial charge in [0.25, 0.3) is 0 Å². The minimum absolute atomic E-state index is 0.184. The van der Waals surface area contributed by atoms with Gasteiger partial charge < -0.3 is 9.32 Å². The summed E-state index contributed by atoms with van der Waals surface area (Å²) in [6.45, 7) is 0. The lowest BCUT2D eigenvalue weighted by atomic mass is 9.95. The van der Waals surface area contributed by atoms with E-state index in [-0.39, 0.29) is 5.69 Å². The van der Waals surface area contributed by atoms with Crippen LogP contribution in [0.4, 0.5) is 17.1 Å². The maximum absolute atomic E-state index is 9.55. The summed E-state index contributed by atoms with van der Waals surface area (Å²) in [7, 11) is 0. The second kappa shape index (κ2) is 10.8. The Morgan fingerprint density at radius 2 is 1.22 bits per heavy atom. The highest BCUT2D eigenvalue weighted by molar-refractivity contribution is 6.07. The first kappa shape index (κ1) is 15.2. The van der Waals surface area contributed by atoms with Crippen molar-refractivity contribution in [3.63, 3.8) is 0 Å². The molecule has 1 heterocycles. The fourth-order valence-electron chi connectivity index (χ4n) is 5.78. The number of rotatable bonds is 5. The molecular weight excluding hydrogens is 558 g/mol. The molecule has 46 heavy (non-hydrogen) atoms. The molecular formula is C44H29NO. The van der Waals surface area contributed by atoms with E-state index in [1.165, 1.54) is 0 Å². The summed E-state index contributed by atoms with van der Waals surface area (Å²) in [5.41, 5.74) is -0.345. The quantitative estimate of drug-likeness (QED) is 0.195. The van der Waals surface area contributed by atoms with Gasteiger partial charge in [-0.05, 0) is 80.8 Å². The molecule has 1 aromatic heterocycles. The largest absolute Gasteiger partial charge is 0.456 e. The lowest BCUT2D eigenvalue weighted by Crippen LogP contribution is -2.10. The minimum Gasteiger partial charge on any atom is -0.456 e. The topological polar surface area (TPSA) is 16.4 Å². The van der Waals surface area contributed by atoms with Crippen molar-refractivity contribution in [2.24, 2.45) is 0 Å². The molecule has 0 spiro atoms. The number of hydrogen-bond donors (Lipinski definition) is 0. The van der Waals surface area contributed by atoms with Crippen LogP contribution in [0.15, 0.2) is 180 Å². The summed E-state index contributed by atoms with van der Waals surface area (Å²) in [5.74, 6) is 0. The zero-order valence-corrected chi connectivity index (χ0v) is 23.9. The van der Waals surface area contributed by atoms with Crippen LogP contribution in [0.1, 0.15) is 20.6 Å². The highest BCUT2D eigenvalue weighted by Gasteiger charge is 2.18. The number of nitrogens with zero attached hydrogens (tertiary/aromatic N) is 1. The van der Waals surface area contributed by atoms with Crippen LogP contribution in [0.3, 0.4) is 0 Å². The van der Waals surface area contributed by atoms with Crippen molar-refractivity contribution in [2.45, 2.75) is 0 Å². The predicted molar refractivity (Wildman–Crippen MR) is 194 cm³/mol. The molecule has 0 aliphatic heterocycles. The second-order valence-electron chi connectivity index (χ2n) is 10.6. The van der Waals surface area contributed by atoms with E-state index in [0.29, 0.717) is 22.5 Å². The van der Waals surface area contributed by atoms with Crippen LogP contribution in [0, 0.1) is 0 Å². The van der Waals surface area contributed by atoms with Crippen LogP contribution in [-0.4, -0.2) is 0 Å². The van der Waals surface area contributed by atoms with E-state index in [1.54, 1.807) is 29.2 Å². The molecule has 2 nitrogen and oxygen atoms in total. The third-order valence-corrected chi connectivity index (χ3v) is 7.90.